The summed E-state index contributed by atoms with van der Waals surface area (Å²) in [5.74, 6) is 1.20. The minimum atomic E-state index is -0.176. The summed E-state index contributed by atoms with van der Waals surface area (Å²) in [4.78, 5) is 18.3. The molecule has 2 aromatic rings. The molecule has 2 aromatic heterocycles. The van der Waals surface area contributed by atoms with Crippen molar-refractivity contribution in [1.29, 1.82) is 0 Å². The van der Waals surface area contributed by atoms with Gasteiger partial charge in [0.25, 0.3) is 0 Å². The van der Waals surface area contributed by atoms with Gasteiger partial charge >= 0.3 is 6.03 Å². The van der Waals surface area contributed by atoms with Gasteiger partial charge in [0.2, 0.25) is 0 Å². The van der Waals surface area contributed by atoms with Crippen LogP contribution in [0.15, 0.2) is 29.0 Å². The van der Waals surface area contributed by atoms with Crippen LogP contribution in [0.3, 0.4) is 0 Å². The first-order chi connectivity index (χ1) is 10.6. The average Bonchev–Trinajstić information content (AvgIpc) is 3.32. The standard InChI is InChI=1S/C16H20N4O2/c1-10-14(15(22-19-10)12-6-7-12)18-16(21)20(3)11(2)13-5-4-8-17-9-13/h4-5,8-9,11-12H,6-7H2,1-3H3,(H,18,21). The van der Waals surface area contributed by atoms with Crippen molar-refractivity contribution < 1.29 is 9.32 Å². The van der Waals surface area contributed by atoms with Crippen molar-refractivity contribution in [3.05, 3.63) is 41.5 Å². The number of nitrogens with zero attached hydrogens (tertiary/aromatic N) is 3. The number of anilines is 1. The van der Waals surface area contributed by atoms with Gasteiger partial charge in [-0.1, -0.05) is 11.2 Å². The van der Waals surface area contributed by atoms with Gasteiger partial charge in [0, 0.05) is 25.4 Å². The Kier molecular flexibility index (Phi) is 3.83. The van der Waals surface area contributed by atoms with Crippen LogP contribution in [0.2, 0.25) is 0 Å². The molecule has 0 spiro atoms. The Morgan fingerprint density at radius 2 is 2.27 bits per heavy atom. The monoisotopic (exact) mass is 300 g/mol. The molecule has 0 bridgehead atoms. The van der Waals surface area contributed by atoms with E-state index in [1.54, 1.807) is 24.3 Å². The van der Waals surface area contributed by atoms with Gasteiger partial charge in [-0.2, -0.15) is 0 Å². The van der Waals surface area contributed by atoms with Crippen LogP contribution in [0.4, 0.5) is 10.5 Å². The van der Waals surface area contributed by atoms with Crippen LogP contribution in [0.1, 0.15) is 48.7 Å². The van der Waals surface area contributed by atoms with E-state index < -0.39 is 0 Å². The summed E-state index contributed by atoms with van der Waals surface area (Å²) >= 11 is 0. The van der Waals surface area contributed by atoms with Crippen molar-refractivity contribution >= 4 is 11.7 Å². The highest BCUT2D eigenvalue weighted by Crippen LogP contribution is 2.44. The summed E-state index contributed by atoms with van der Waals surface area (Å²) < 4.78 is 5.35. The number of urea groups is 1. The number of hydrogen-bond donors (Lipinski definition) is 1. The number of carbonyl (C=O) groups is 1. The number of rotatable bonds is 4. The Hall–Kier alpha value is -2.37. The first kappa shape index (κ1) is 14.6. The molecule has 0 aliphatic heterocycles. The molecule has 1 aliphatic rings. The van der Waals surface area contributed by atoms with Gasteiger partial charge in [-0.15, -0.1) is 0 Å². The van der Waals surface area contributed by atoms with Crippen LogP contribution >= 0.6 is 0 Å². The zero-order valence-corrected chi connectivity index (χ0v) is 13.0. The molecule has 1 aliphatic carbocycles. The number of pyridine rings is 1. The minimum Gasteiger partial charge on any atom is -0.359 e. The summed E-state index contributed by atoms with van der Waals surface area (Å²) in [6, 6.07) is 3.58. The lowest BCUT2D eigenvalue weighted by molar-refractivity contribution is 0.208. The molecule has 1 unspecified atom stereocenters. The van der Waals surface area contributed by atoms with Gasteiger partial charge < -0.3 is 14.7 Å². The highest BCUT2D eigenvalue weighted by molar-refractivity contribution is 5.90. The fourth-order valence-electron chi connectivity index (χ4n) is 2.38. The summed E-state index contributed by atoms with van der Waals surface area (Å²) in [5, 5.41) is 6.92. The molecular formula is C16H20N4O2. The molecular weight excluding hydrogens is 280 g/mol. The zero-order valence-electron chi connectivity index (χ0n) is 13.0. The molecule has 2 amide bonds. The van der Waals surface area contributed by atoms with Gasteiger partial charge in [0.05, 0.1) is 6.04 Å². The second-order valence-electron chi connectivity index (χ2n) is 5.78. The third-order valence-electron chi connectivity index (χ3n) is 4.14. The van der Waals surface area contributed by atoms with E-state index in [0.29, 0.717) is 5.92 Å². The molecule has 2 heterocycles. The van der Waals surface area contributed by atoms with Crippen LogP contribution in [0.5, 0.6) is 0 Å². The maximum Gasteiger partial charge on any atom is 0.322 e. The molecule has 1 saturated carbocycles. The SMILES string of the molecule is Cc1noc(C2CC2)c1NC(=O)N(C)C(C)c1cccnc1. The van der Waals surface area contributed by atoms with Crippen LogP contribution in [0.25, 0.3) is 0 Å². The van der Waals surface area contributed by atoms with Gasteiger partial charge in [-0.05, 0) is 38.3 Å². The maximum atomic E-state index is 12.5. The van der Waals surface area contributed by atoms with Crippen LogP contribution < -0.4 is 5.32 Å². The molecule has 1 atom stereocenters. The van der Waals surface area contributed by atoms with Crippen molar-refractivity contribution in [2.45, 2.75) is 38.6 Å². The predicted octanol–water partition coefficient (Wildman–Crippen LogP) is 3.48. The van der Waals surface area contributed by atoms with E-state index in [-0.39, 0.29) is 12.1 Å². The molecule has 0 radical (unpaired) electrons. The lowest BCUT2D eigenvalue weighted by atomic mass is 10.1. The van der Waals surface area contributed by atoms with E-state index in [9.17, 15) is 4.79 Å². The zero-order chi connectivity index (χ0) is 15.7. The van der Waals surface area contributed by atoms with E-state index in [0.717, 1.165) is 35.5 Å². The number of aromatic nitrogens is 2. The van der Waals surface area contributed by atoms with E-state index in [4.69, 9.17) is 4.52 Å². The molecule has 0 saturated heterocycles. The Morgan fingerprint density at radius 1 is 1.50 bits per heavy atom. The normalized spacial score (nSPS) is 15.4. The third-order valence-corrected chi connectivity index (χ3v) is 4.14. The van der Waals surface area contributed by atoms with Crippen molar-refractivity contribution in [2.24, 2.45) is 0 Å². The number of carbonyl (C=O) groups excluding carboxylic acids is 1. The second-order valence-corrected chi connectivity index (χ2v) is 5.78. The number of amides is 2. The topological polar surface area (TPSA) is 71.3 Å². The fourth-order valence-corrected chi connectivity index (χ4v) is 2.38. The molecule has 6 nitrogen and oxygen atoms in total. The number of hydrogen-bond acceptors (Lipinski definition) is 4. The number of aryl methyl sites for hydroxylation is 1. The Morgan fingerprint density at radius 3 is 2.91 bits per heavy atom. The maximum absolute atomic E-state index is 12.5. The quantitative estimate of drug-likeness (QED) is 0.938. The minimum absolute atomic E-state index is 0.0711. The largest absolute Gasteiger partial charge is 0.359 e. The second kappa shape index (κ2) is 5.79. The highest BCUT2D eigenvalue weighted by Gasteiger charge is 2.32. The van der Waals surface area contributed by atoms with Crippen molar-refractivity contribution in [2.75, 3.05) is 12.4 Å². The first-order valence-electron chi connectivity index (χ1n) is 7.48. The van der Waals surface area contributed by atoms with E-state index in [2.05, 4.69) is 15.5 Å². The van der Waals surface area contributed by atoms with E-state index >= 15 is 0 Å². The highest BCUT2D eigenvalue weighted by atomic mass is 16.5. The lowest BCUT2D eigenvalue weighted by Crippen LogP contribution is -2.34. The molecule has 0 aromatic carbocycles. The van der Waals surface area contributed by atoms with Gasteiger partial charge in [-0.3, -0.25) is 4.98 Å². The summed E-state index contributed by atoms with van der Waals surface area (Å²) in [6.07, 6.45) is 5.69. The summed E-state index contributed by atoms with van der Waals surface area (Å²) in [6.45, 7) is 3.81. The molecule has 116 valence electrons. The van der Waals surface area contributed by atoms with E-state index in [1.807, 2.05) is 26.0 Å². The Labute approximate surface area is 129 Å². The number of nitrogens with one attached hydrogen (secondary N) is 1. The Bertz CT molecular complexity index is 664. The Balaban J connectivity index is 1.73. The fraction of sp³-hybridized carbons (Fsp3) is 0.438. The molecule has 3 rings (SSSR count). The first-order valence-corrected chi connectivity index (χ1v) is 7.48. The van der Waals surface area contributed by atoms with Crippen molar-refractivity contribution in [1.82, 2.24) is 15.0 Å². The van der Waals surface area contributed by atoms with Gasteiger partial charge in [0.15, 0.2) is 5.76 Å². The molecule has 1 fully saturated rings. The van der Waals surface area contributed by atoms with Crippen LogP contribution in [-0.2, 0) is 0 Å². The lowest BCUT2D eigenvalue weighted by Gasteiger charge is -2.25. The predicted molar refractivity (Wildman–Crippen MR) is 82.6 cm³/mol. The van der Waals surface area contributed by atoms with Crippen molar-refractivity contribution in [3.8, 4) is 0 Å². The molecule has 6 heteroatoms. The molecule has 22 heavy (non-hydrogen) atoms. The third kappa shape index (κ3) is 2.81. The van der Waals surface area contributed by atoms with Gasteiger partial charge in [-0.25, -0.2) is 4.79 Å². The van der Waals surface area contributed by atoms with Gasteiger partial charge in [0.1, 0.15) is 11.4 Å². The smallest absolute Gasteiger partial charge is 0.322 e. The molecule has 1 N–H and O–H groups in total. The summed E-state index contributed by atoms with van der Waals surface area (Å²) in [5.41, 5.74) is 2.43. The van der Waals surface area contributed by atoms with Crippen molar-refractivity contribution in [3.63, 3.8) is 0 Å². The summed E-state index contributed by atoms with van der Waals surface area (Å²) in [7, 11) is 1.77. The van der Waals surface area contributed by atoms with Crippen LogP contribution in [-0.4, -0.2) is 28.1 Å². The van der Waals surface area contributed by atoms with Crippen LogP contribution in [0, 0.1) is 6.92 Å². The average molecular weight is 300 g/mol. The van der Waals surface area contributed by atoms with E-state index in [1.165, 1.54) is 0 Å².